The first kappa shape index (κ1) is 11.2. The van der Waals surface area contributed by atoms with Crippen molar-refractivity contribution in [3.8, 4) is 0 Å². The summed E-state index contributed by atoms with van der Waals surface area (Å²) in [4.78, 5) is 0. The van der Waals surface area contributed by atoms with Gasteiger partial charge in [-0.05, 0) is 18.3 Å². The first-order valence-electron chi connectivity index (χ1n) is 5.06. The minimum Gasteiger partial charge on any atom is -0.313 e. The van der Waals surface area contributed by atoms with Gasteiger partial charge in [0, 0.05) is 35.4 Å². The summed E-state index contributed by atoms with van der Waals surface area (Å²) in [6.45, 7) is 5.54. The lowest BCUT2D eigenvalue weighted by Gasteiger charge is -2.27. The van der Waals surface area contributed by atoms with Gasteiger partial charge in [-0.15, -0.1) is 0 Å². The van der Waals surface area contributed by atoms with Crippen LogP contribution in [-0.2, 0) is 10.8 Å². The zero-order valence-corrected chi connectivity index (χ0v) is 9.75. The van der Waals surface area contributed by atoms with Crippen molar-refractivity contribution in [2.45, 2.75) is 39.2 Å². The van der Waals surface area contributed by atoms with Crippen LogP contribution < -0.4 is 5.32 Å². The molecule has 0 aromatic rings. The number of nitrogens with one attached hydrogen (secondary N) is 1. The van der Waals surface area contributed by atoms with Crippen LogP contribution in [0.5, 0.6) is 0 Å². The highest BCUT2D eigenvalue weighted by Crippen LogP contribution is 2.36. The Hall–Kier alpha value is 0.110. The second-order valence-electron chi connectivity index (χ2n) is 4.66. The molecule has 13 heavy (non-hydrogen) atoms. The summed E-state index contributed by atoms with van der Waals surface area (Å²) in [6.07, 6.45) is 5.70. The molecule has 3 heteroatoms. The Morgan fingerprint density at radius 2 is 2.23 bits per heavy atom. The Morgan fingerprint density at radius 3 is 2.69 bits per heavy atom. The SMILES string of the molecule is CS(=O)CCNC1CCCC1(C)C. The molecule has 0 aromatic heterocycles. The van der Waals surface area contributed by atoms with Gasteiger partial charge in [-0.2, -0.15) is 0 Å². The average molecular weight is 203 g/mol. The highest BCUT2D eigenvalue weighted by Gasteiger charge is 2.33. The average Bonchev–Trinajstić information content (AvgIpc) is 2.30. The smallest absolute Gasteiger partial charge is 0.0357 e. The number of rotatable bonds is 4. The van der Waals surface area contributed by atoms with E-state index < -0.39 is 10.8 Å². The van der Waals surface area contributed by atoms with Gasteiger partial charge in [0.2, 0.25) is 0 Å². The van der Waals surface area contributed by atoms with Gasteiger partial charge in [0.15, 0.2) is 0 Å². The van der Waals surface area contributed by atoms with Gasteiger partial charge < -0.3 is 5.32 Å². The number of hydrogen-bond donors (Lipinski definition) is 1. The molecular weight excluding hydrogens is 182 g/mol. The van der Waals surface area contributed by atoms with Crippen LogP contribution in [0.4, 0.5) is 0 Å². The quantitative estimate of drug-likeness (QED) is 0.751. The topological polar surface area (TPSA) is 29.1 Å². The molecule has 0 amide bonds. The third-order valence-electron chi connectivity index (χ3n) is 3.04. The van der Waals surface area contributed by atoms with Crippen molar-refractivity contribution in [3.63, 3.8) is 0 Å². The fourth-order valence-electron chi connectivity index (χ4n) is 2.08. The maximum atomic E-state index is 10.8. The van der Waals surface area contributed by atoms with E-state index in [-0.39, 0.29) is 0 Å². The lowest BCUT2D eigenvalue weighted by Crippen LogP contribution is -2.39. The van der Waals surface area contributed by atoms with Crippen molar-refractivity contribution >= 4 is 10.8 Å². The molecule has 1 aliphatic rings. The van der Waals surface area contributed by atoms with E-state index >= 15 is 0 Å². The Morgan fingerprint density at radius 1 is 1.54 bits per heavy atom. The Labute approximate surface area is 83.9 Å². The van der Waals surface area contributed by atoms with E-state index in [9.17, 15) is 4.21 Å². The van der Waals surface area contributed by atoms with E-state index in [1.807, 2.05) is 0 Å². The first-order chi connectivity index (χ1) is 6.02. The molecule has 1 saturated carbocycles. The zero-order valence-electron chi connectivity index (χ0n) is 8.93. The predicted molar refractivity (Wildman–Crippen MR) is 58.4 cm³/mol. The Balaban J connectivity index is 2.25. The van der Waals surface area contributed by atoms with Crippen molar-refractivity contribution in [1.82, 2.24) is 5.32 Å². The highest BCUT2D eigenvalue weighted by molar-refractivity contribution is 7.84. The zero-order chi connectivity index (χ0) is 9.90. The molecule has 2 nitrogen and oxygen atoms in total. The van der Waals surface area contributed by atoms with Gasteiger partial charge in [0.05, 0.1) is 0 Å². The maximum Gasteiger partial charge on any atom is 0.0357 e. The maximum absolute atomic E-state index is 10.8. The summed E-state index contributed by atoms with van der Waals surface area (Å²) < 4.78 is 10.8. The van der Waals surface area contributed by atoms with E-state index in [2.05, 4.69) is 19.2 Å². The van der Waals surface area contributed by atoms with Gasteiger partial charge in [-0.1, -0.05) is 20.3 Å². The molecule has 1 N–H and O–H groups in total. The largest absolute Gasteiger partial charge is 0.313 e. The van der Waals surface area contributed by atoms with E-state index in [1.165, 1.54) is 19.3 Å². The second kappa shape index (κ2) is 4.56. The molecule has 1 aliphatic carbocycles. The monoisotopic (exact) mass is 203 g/mol. The van der Waals surface area contributed by atoms with Crippen LogP contribution in [0.1, 0.15) is 33.1 Å². The van der Waals surface area contributed by atoms with Gasteiger partial charge in [0.1, 0.15) is 0 Å². The van der Waals surface area contributed by atoms with Gasteiger partial charge in [-0.3, -0.25) is 4.21 Å². The summed E-state index contributed by atoms with van der Waals surface area (Å²) in [7, 11) is -0.653. The molecule has 0 aliphatic heterocycles. The Bertz CT molecular complexity index is 191. The highest BCUT2D eigenvalue weighted by atomic mass is 32.2. The fourth-order valence-corrected chi connectivity index (χ4v) is 2.49. The first-order valence-corrected chi connectivity index (χ1v) is 6.78. The van der Waals surface area contributed by atoms with Crippen LogP contribution in [0.2, 0.25) is 0 Å². The summed E-state index contributed by atoms with van der Waals surface area (Å²) in [6, 6.07) is 0.635. The standard InChI is InChI=1S/C10H21NOS/c1-10(2)6-4-5-9(10)11-7-8-13(3)12/h9,11H,4-8H2,1-3H3. The van der Waals surface area contributed by atoms with Crippen molar-refractivity contribution < 1.29 is 4.21 Å². The van der Waals surface area contributed by atoms with Crippen LogP contribution in [0.25, 0.3) is 0 Å². The van der Waals surface area contributed by atoms with Crippen LogP contribution in [0, 0.1) is 5.41 Å². The van der Waals surface area contributed by atoms with Gasteiger partial charge in [-0.25, -0.2) is 0 Å². The molecular formula is C10H21NOS. The lowest BCUT2D eigenvalue weighted by molar-refractivity contribution is 0.288. The van der Waals surface area contributed by atoms with Crippen LogP contribution in [0.3, 0.4) is 0 Å². The molecule has 1 fully saturated rings. The normalized spacial score (nSPS) is 29.0. The predicted octanol–water partition coefficient (Wildman–Crippen LogP) is 1.53. The molecule has 2 atom stereocenters. The molecule has 0 spiro atoms. The second-order valence-corrected chi connectivity index (χ2v) is 6.22. The third-order valence-corrected chi connectivity index (χ3v) is 3.82. The summed E-state index contributed by atoms with van der Waals surface area (Å²) in [5.74, 6) is 0.784. The summed E-state index contributed by atoms with van der Waals surface area (Å²) in [5, 5.41) is 3.51. The number of hydrogen-bond acceptors (Lipinski definition) is 2. The van der Waals surface area contributed by atoms with Crippen LogP contribution in [-0.4, -0.2) is 28.8 Å². The van der Waals surface area contributed by atoms with Crippen molar-refractivity contribution in [2.75, 3.05) is 18.6 Å². The lowest BCUT2D eigenvalue weighted by atomic mass is 9.87. The van der Waals surface area contributed by atoms with Crippen LogP contribution >= 0.6 is 0 Å². The van der Waals surface area contributed by atoms with Crippen molar-refractivity contribution in [3.05, 3.63) is 0 Å². The fraction of sp³-hybridized carbons (Fsp3) is 1.00. The van der Waals surface area contributed by atoms with Gasteiger partial charge in [0.25, 0.3) is 0 Å². The van der Waals surface area contributed by atoms with Gasteiger partial charge >= 0.3 is 0 Å². The molecule has 78 valence electrons. The van der Waals surface area contributed by atoms with E-state index in [4.69, 9.17) is 0 Å². The molecule has 2 unspecified atom stereocenters. The molecule has 0 saturated heterocycles. The molecule has 0 heterocycles. The Kier molecular flexibility index (Phi) is 3.92. The molecule has 0 bridgehead atoms. The van der Waals surface area contributed by atoms with Crippen LogP contribution in [0.15, 0.2) is 0 Å². The molecule has 1 rings (SSSR count). The molecule has 0 radical (unpaired) electrons. The summed E-state index contributed by atoms with van der Waals surface area (Å²) in [5.41, 5.74) is 0.440. The van der Waals surface area contributed by atoms with E-state index in [0.29, 0.717) is 11.5 Å². The van der Waals surface area contributed by atoms with Crippen molar-refractivity contribution in [1.29, 1.82) is 0 Å². The minimum atomic E-state index is -0.653. The summed E-state index contributed by atoms with van der Waals surface area (Å²) >= 11 is 0. The van der Waals surface area contributed by atoms with E-state index in [0.717, 1.165) is 12.3 Å². The molecule has 0 aromatic carbocycles. The van der Waals surface area contributed by atoms with E-state index in [1.54, 1.807) is 6.26 Å². The van der Waals surface area contributed by atoms with Crippen molar-refractivity contribution in [2.24, 2.45) is 5.41 Å². The minimum absolute atomic E-state index is 0.440. The third kappa shape index (κ3) is 3.39.